The largest absolute Gasteiger partial charge is 0.254 e. The lowest BCUT2D eigenvalue weighted by Crippen LogP contribution is -2.30. The second-order valence-corrected chi connectivity index (χ2v) is 8.41. The van der Waals surface area contributed by atoms with Crippen LogP contribution in [-0.4, -0.2) is 24.3 Å². The molecule has 21 heavy (non-hydrogen) atoms. The monoisotopic (exact) mass is 344 g/mol. The SMILES string of the molecule is CCN(Cc1ccccc1C)S(=O)(=O)c1sc(Cl)nc1C. The first-order valence-electron chi connectivity index (χ1n) is 6.53. The maximum atomic E-state index is 12.8. The molecule has 0 bridgehead atoms. The van der Waals surface area contributed by atoms with E-state index in [9.17, 15) is 8.42 Å². The van der Waals surface area contributed by atoms with E-state index in [1.54, 1.807) is 6.92 Å². The third-order valence-corrected chi connectivity index (χ3v) is 7.03. The summed E-state index contributed by atoms with van der Waals surface area (Å²) in [6, 6.07) is 7.78. The molecule has 4 nitrogen and oxygen atoms in total. The molecule has 0 aliphatic carbocycles. The molecular formula is C14H17ClN2O2S2. The van der Waals surface area contributed by atoms with Gasteiger partial charge in [0.05, 0.1) is 5.69 Å². The number of hydrogen-bond donors (Lipinski definition) is 0. The molecule has 0 saturated heterocycles. The van der Waals surface area contributed by atoms with Gasteiger partial charge < -0.3 is 0 Å². The molecule has 0 aliphatic rings. The van der Waals surface area contributed by atoms with E-state index in [4.69, 9.17) is 11.6 Å². The normalized spacial score (nSPS) is 12.0. The van der Waals surface area contributed by atoms with Crippen LogP contribution >= 0.6 is 22.9 Å². The summed E-state index contributed by atoms with van der Waals surface area (Å²) in [4.78, 5) is 4.00. The summed E-state index contributed by atoms with van der Waals surface area (Å²) in [6.07, 6.45) is 0. The Kier molecular flexibility index (Phi) is 5.03. The van der Waals surface area contributed by atoms with Crippen molar-refractivity contribution in [1.82, 2.24) is 9.29 Å². The Labute approximate surface area is 134 Å². The van der Waals surface area contributed by atoms with Crippen LogP contribution in [0.4, 0.5) is 0 Å². The molecule has 0 radical (unpaired) electrons. The number of nitrogens with zero attached hydrogens (tertiary/aromatic N) is 2. The minimum atomic E-state index is -3.57. The summed E-state index contributed by atoms with van der Waals surface area (Å²) in [5.41, 5.74) is 2.52. The first kappa shape index (κ1) is 16.4. The first-order chi connectivity index (χ1) is 9.86. The van der Waals surface area contributed by atoms with Gasteiger partial charge in [0.1, 0.15) is 0 Å². The number of hydrogen-bond acceptors (Lipinski definition) is 4. The second-order valence-electron chi connectivity index (χ2n) is 4.70. The number of thiazole rings is 1. The molecule has 0 saturated carbocycles. The molecule has 0 fully saturated rings. The Bertz CT molecular complexity index is 741. The number of benzene rings is 1. The van der Waals surface area contributed by atoms with Crippen molar-refractivity contribution in [3.05, 3.63) is 45.6 Å². The third-order valence-electron chi connectivity index (χ3n) is 3.26. The lowest BCUT2D eigenvalue weighted by molar-refractivity contribution is 0.423. The number of aryl methyl sites for hydroxylation is 2. The van der Waals surface area contributed by atoms with Crippen molar-refractivity contribution in [2.45, 2.75) is 31.5 Å². The summed E-state index contributed by atoms with van der Waals surface area (Å²) in [7, 11) is -3.57. The molecule has 2 rings (SSSR count). The molecule has 7 heteroatoms. The molecule has 0 unspecified atom stereocenters. The number of halogens is 1. The number of sulfonamides is 1. The van der Waals surface area contributed by atoms with Crippen molar-refractivity contribution in [2.24, 2.45) is 0 Å². The molecule has 0 spiro atoms. The van der Waals surface area contributed by atoms with Crippen LogP contribution in [0.1, 0.15) is 23.7 Å². The van der Waals surface area contributed by atoms with Gasteiger partial charge in [0.15, 0.2) is 8.68 Å². The van der Waals surface area contributed by atoms with E-state index >= 15 is 0 Å². The fraction of sp³-hybridized carbons (Fsp3) is 0.357. The summed E-state index contributed by atoms with van der Waals surface area (Å²) in [6.45, 7) is 6.21. The molecule has 1 aromatic carbocycles. The highest BCUT2D eigenvalue weighted by molar-refractivity contribution is 7.91. The lowest BCUT2D eigenvalue weighted by Gasteiger charge is -2.20. The fourth-order valence-electron chi connectivity index (χ4n) is 2.05. The van der Waals surface area contributed by atoms with Gasteiger partial charge in [-0.1, -0.05) is 54.1 Å². The van der Waals surface area contributed by atoms with Crippen LogP contribution in [-0.2, 0) is 16.6 Å². The minimum absolute atomic E-state index is 0.225. The Hall–Kier alpha value is -0.950. The van der Waals surface area contributed by atoms with Crippen LogP contribution in [0.2, 0.25) is 4.47 Å². The van der Waals surface area contributed by atoms with E-state index in [1.807, 2.05) is 38.1 Å². The van der Waals surface area contributed by atoms with Crippen molar-refractivity contribution >= 4 is 33.0 Å². The maximum Gasteiger partial charge on any atom is 0.254 e. The zero-order valence-electron chi connectivity index (χ0n) is 12.1. The Morgan fingerprint density at radius 3 is 2.48 bits per heavy atom. The summed E-state index contributed by atoms with van der Waals surface area (Å²) < 4.78 is 27.4. The van der Waals surface area contributed by atoms with E-state index in [0.717, 1.165) is 22.5 Å². The van der Waals surface area contributed by atoms with E-state index in [2.05, 4.69) is 4.98 Å². The predicted molar refractivity (Wildman–Crippen MR) is 86.3 cm³/mol. The first-order valence-corrected chi connectivity index (χ1v) is 9.17. The molecule has 0 atom stereocenters. The zero-order chi connectivity index (χ0) is 15.6. The van der Waals surface area contributed by atoms with Gasteiger partial charge in [-0.2, -0.15) is 4.31 Å². The lowest BCUT2D eigenvalue weighted by atomic mass is 10.1. The van der Waals surface area contributed by atoms with Gasteiger partial charge in [-0.25, -0.2) is 13.4 Å². The summed E-state index contributed by atoms with van der Waals surface area (Å²) >= 11 is 6.83. The van der Waals surface area contributed by atoms with E-state index in [-0.39, 0.29) is 8.68 Å². The average Bonchev–Trinajstić information content (AvgIpc) is 2.77. The smallest absolute Gasteiger partial charge is 0.229 e. The van der Waals surface area contributed by atoms with Crippen LogP contribution in [0.15, 0.2) is 28.5 Å². The van der Waals surface area contributed by atoms with Crippen molar-refractivity contribution in [2.75, 3.05) is 6.54 Å². The zero-order valence-corrected chi connectivity index (χ0v) is 14.5. The Morgan fingerprint density at radius 1 is 1.29 bits per heavy atom. The van der Waals surface area contributed by atoms with E-state index in [0.29, 0.717) is 18.8 Å². The van der Waals surface area contributed by atoms with Crippen LogP contribution < -0.4 is 0 Å². The molecule has 2 aromatic rings. The molecular weight excluding hydrogens is 328 g/mol. The van der Waals surface area contributed by atoms with Gasteiger partial charge in [0, 0.05) is 13.1 Å². The molecule has 0 amide bonds. The molecule has 1 heterocycles. The van der Waals surface area contributed by atoms with Crippen LogP contribution in [0.25, 0.3) is 0 Å². The highest BCUT2D eigenvalue weighted by Crippen LogP contribution is 2.30. The Morgan fingerprint density at radius 2 is 1.95 bits per heavy atom. The predicted octanol–water partition coefficient (Wildman–Crippen LogP) is 3.62. The fourth-order valence-corrected chi connectivity index (χ4v) is 5.35. The standard InChI is InChI=1S/C14H17ClN2O2S2/c1-4-17(9-12-8-6-5-7-10(12)2)21(18,19)13-11(3)16-14(15)20-13/h5-8H,4,9H2,1-3H3. The Balaban J connectivity index is 2.37. The van der Waals surface area contributed by atoms with E-state index < -0.39 is 10.0 Å². The van der Waals surface area contributed by atoms with Crippen LogP contribution in [0, 0.1) is 13.8 Å². The van der Waals surface area contributed by atoms with Crippen LogP contribution in [0.3, 0.4) is 0 Å². The highest BCUT2D eigenvalue weighted by atomic mass is 35.5. The van der Waals surface area contributed by atoms with Crippen molar-refractivity contribution in [3.8, 4) is 0 Å². The van der Waals surface area contributed by atoms with Crippen LogP contribution in [0.5, 0.6) is 0 Å². The van der Waals surface area contributed by atoms with Gasteiger partial charge in [0.25, 0.3) is 10.0 Å². The molecule has 1 aromatic heterocycles. The van der Waals surface area contributed by atoms with Gasteiger partial charge in [-0.05, 0) is 25.0 Å². The summed E-state index contributed by atoms with van der Waals surface area (Å²) in [5.74, 6) is 0. The van der Waals surface area contributed by atoms with Crippen molar-refractivity contribution in [1.29, 1.82) is 0 Å². The highest BCUT2D eigenvalue weighted by Gasteiger charge is 2.28. The maximum absolute atomic E-state index is 12.8. The van der Waals surface area contributed by atoms with Crippen molar-refractivity contribution in [3.63, 3.8) is 0 Å². The molecule has 0 N–H and O–H groups in total. The quantitative estimate of drug-likeness (QED) is 0.832. The second kappa shape index (κ2) is 6.44. The van der Waals surface area contributed by atoms with Gasteiger partial charge in [0.2, 0.25) is 0 Å². The van der Waals surface area contributed by atoms with Gasteiger partial charge >= 0.3 is 0 Å². The summed E-state index contributed by atoms with van der Waals surface area (Å²) in [5, 5.41) is 0. The topological polar surface area (TPSA) is 50.3 Å². The number of rotatable bonds is 5. The van der Waals surface area contributed by atoms with Crippen molar-refractivity contribution < 1.29 is 8.42 Å². The third kappa shape index (κ3) is 3.45. The average molecular weight is 345 g/mol. The molecule has 0 aliphatic heterocycles. The number of aromatic nitrogens is 1. The van der Waals surface area contributed by atoms with E-state index in [1.165, 1.54) is 4.31 Å². The minimum Gasteiger partial charge on any atom is -0.229 e. The molecule has 114 valence electrons. The van der Waals surface area contributed by atoms with Gasteiger partial charge in [-0.15, -0.1) is 0 Å². The van der Waals surface area contributed by atoms with Gasteiger partial charge in [-0.3, -0.25) is 0 Å².